The van der Waals surface area contributed by atoms with E-state index in [1.807, 2.05) is 0 Å². The molecule has 4 rings (SSSR count). The highest BCUT2D eigenvalue weighted by atomic mass is 35.5. The SMILES string of the molecule is CC1=C(CN2CC(C(=O)O)C2)CCc2cc(OCC(C)Cc3ccccc3)ccc21.Cl. The van der Waals surface area contributed by atoms with Crippen LogP contribution in [0.1, 0.15) is 37.0 Å². The van der Waals surface area contributed by atoms with E-state index in [0.29, 0.717) is 25.6 Å². The number of carboxylic acid groups (broad SMARTS) is 1. The van der Waals surface area contributed by atoms with Gasteiger partial charge in [-0.2, -0.15) is 0 Å². The van der Waals surface area contributed by atoms with Gasteiger partial charge < -0.3 is 9.84 Å². The highest BCUT2D eigenvalue weighted by Crippen LogP contribution is 2.34. The highest BCUT2D eigenvalue weighted by Gasteiger charge is 2.33. The predicted octanol–water partition coefficient (Wildman–Crippen LogP) is 5.10. The monoisotopic (exact) mass is 441 g/mol. The molecular weight excluding hydrogens is 410 g/mol. The molecule has 1 fully saturated rings. The van der Waals surface area contributed by atoms with Crippen LogP contribution in [0.4, 0.5) is 0 Å². The van der Waals surface area contributed by atoms with Crippen molar-refractivity contribution in [2.75, 3.05) is 26.2 Å². The molecule has 1 heterocycles. The van der Waals surface area contributed by atoms with Crippen LogP contribution in [-0.2, 0) is 17.6 Å². The van der Waals surface area contributed by atoms with Crippen molar-refractivity contribution >= 4 is 23.9 Å². The van der Waals surface area contributed by atoms with E-state index in [9.17, 15) is 4.79 Å². The van der Waals surface area contributed by atoms with E-state index in [1.54, 1.807) is 0 Å². The minimum absolute atomic E-state index is 0. The lowest BCUT2D eigenvalue weighted by atomic mass is 9.85. The van der Waals surface area contributed by atoms with Gasteiger partial charge in [0.15, 0.2) is 0 Å². The zero-order valence-electron chi connectivity index (χ0n) is 18.3. The number of ether oxygens (including phenoxy) is 1. The van der Waals surface area contributed by atoms with Gasteiger partial charge in [-0.15, -0.1) is 12.4 Å². The lowest BCUT2D eigenvalue weighted by molar-refractivity contribution is -0.147. The number of hydrogen-bond donors (Lipinski definition) is 1. The molecule has 0 aromatic heterocycles. The first-order valence-electron chi connectivity index (χ1n) is 10.9. The number of aryl methyl sites for hydroxylation is 1. The Morgan fingerprint density at radius 2 is 1.90 bits per heavy atom. The van der Waals surface area contributed by atoms with Crippen LogP contribution in [0, 0.1) is 11.8 Å². The molecule has 1 unspecified atom stereocenters. The lowest BCUT2D eigenvalue weighted by Gasteiger charge is -2.38. The van der Waals surface area contributed by atoms with E-state index in [1.165, 1.54) is 27.8 Å². The van der Waals surface area contributed by atoms with Gasteiger partial charge in [0.25, 0.3) is 0 Å². The average molecular weight is 442 g/mol. The quantitative estimate of drug-likeness (QED) is 0.619. The first-order valence-corrected chi connectivity index (χ1v) is 10.9. The summed E-state index contributed by atoms with van der Waals surface area (Å²) in [6.45, 7) is 7.39. The second-order valence-electron chi connectivity index (χ2n) is 8.88. The molecule has 0 saturated carbocycles. The standard InChI is InChI=1S/C26H31NO3.ClH/c1-18(12-20-6-4-3-5-7-20)17-30-24-10-11-25-19(2)22(9-8-21(25)13-24)14-27-15-23(16-27)26(28)29;/h3-7,10-11,13,18,23H,8-9,12,14-17H2,1-2H3,(H,28,29);1H. The molecule has 1 saturated heterocycles. The van der Waals surface area contributed by atoms with Gasteiger partial charge in [-0.25, -0.2) is 0 Å². The molecular formula is C26H32ClNO3. The Balaban J connectivity index is 0.00000272. The fourth-order valence-electron chi connectivity index (χ4n) is 4.53. The lowest BCUT2D eigenvalue weighted by Crippen LogP contribution is -2.50. The summed E-state index contributed by atoms with van der Waals surface area (Å²) in [4.78, 5) is 13.3. The molecule has 1 N–H and O–H groups in total. The van der Waals surface area contributed by atoms with Gasteiger partial charge in [0, 0.05) is 19.6 Å². The smallest absolute Gasteiger partial charge is 0.309 e. The molecule has 1 aliphatic heterocycles. The number of benzene rings is 2. The molecule has 0 amide bonds. The minimum Gasteiger partial charge on any atom is -0.493 e. The summed E-state index contributed by atoms with van der Waals surface area (Å²) in [6.07, 6.45) is 3.09. The minimum atomic E-state index is -0.670. The molecule has 1 atom stereocenters. The number of fused-ring (bicyclic) bond motifs is 1. The fraction of sp³-hybridized carbons (Fsp3) is 0.423. The molecule has 166 valence electrons. The maximum Gasteiger partial charge on any atom is 0.309 e. The van der Waals surface area contributed by atoms with Crippen molar-refractivity contribution in [3.8, 4) is 5.75 Å². The third kappa shape index (κ3) is 5.69. The van der Waals surface area contributed by atoms with Gasteiger partial charge >= 0.3 is 5.97 Å². The molecule has 4 nitrogen and oxygen atoms in total. The zero-order chi connectivity index (χ0) is 21.1. The number of allylic oxidation sites excluding steroid dienone is 1. The summed E-state index contributed by atoms with van der Waals surface area (Å²) in [5.74, 6) is 0.558. The van der Waals surface area contributed by atoms with Crippen molar-refractivity contribution in [2.24, 2.45) is 11.8 Å². The Morgan fingerprint density at radius 3 is 2.61 bits per heavy atom. The number of nitrogens with zero attached hydrogens (tertiary/aromatic N) is 1. The summed E-state index contributed by atoms with van der Waals surface area (Å²) >= 11 is 0. The number of carbonyl (C=O) groups is 1. The summed E-state index contributed by atoms with van der Waals surface area (Å²) in [7, 11) is 0. The summed E-state index contributed by atoms with van der Waals surface area (Å²) < 4.78 is 6.11. The molecule has 1 aliphatic carbocycles. The van der Waals surface area contributed by atoms with Crippen LogP contribution < -0.4 is 4.74 Å². The Labute approximate surface area is 191 Å². The van der Waals surface area contributed by atoms with E-state index < -0.39 is 5.97 Å². The van der Waals surface area contributed by atoms with Gasteiger partial charge in [0.2, 0.25) is 0 Å². The van der Waals surface area contributed by atoms with Gasteiger partial charge in [0.05, 0.1) is 12.5 Å². The van der Waals surface area contributed by atoms with E-state index in [4.69, 9.17) is 9.84 Å². The van der Waals surface area contributed by atoms with Crippen molar-refractivity contribution in [3.63, 3.8) is 0 Å². The van der Waals surface area contributed by atoms with Gasteiger partial charge in [-0.3, -0.25) is 9.69 Å². The van der Waals surface area contributed by atoms with Crippen molar-refractivity contribution in [2.45, 2.75) is 33.1 Å². The van der Waals surface area contributed by atoms with Crippen molar-refractivity contribution in [1.82, 2.24) is 4.90 Å². The molecule has 0 bridgehead atoms. The second kappa shape index (κ2) is 10.3. The number of likely N-dealkylation sites (tertiary alicyclic amines) is 1. The summed E-state index contributed by atoms with van der Waals surface area (Å²) in [6, 6.07) is 17.0. The molecule has 5 heteroatoms. The predicted molar refractivity (Wildman–Crippen MR) is 127 cm³/mol. The van der Waals surface area contributed by atoms with Crippen LogP contribution in [0.5, 0.6) is 5.75 Å². The maximum absolute atomic E-state index is 11.0. The number of aliphatic carboxylic acids is 1. The molecule has 2 aromatic rings. The van der Waals surface area contributed by atoms with Crippen LogP contribution in [-0.4, -0.2) is 42.2 Å². The Hall–Kier alpha value is -2.30. The number of carboxylic acids is 1. The van der Waals surface area contributed by atoms with E-state index in [2.05, 4.69) is 67.3 Å². The average Bonchev–Trinajstić information content (AvgIpc) is 2.70. The molecule has 2 aromatic carbocycles. The molecule has 0 radical (unpaired) electrons. The van der Waals surface area contributed by atoms with Gasteiger partial charge in [-0.1, -0.05) is 48.9 Å². The largest absolute Gasteiger partial charge is 0.493 e. The Bertz CT molecular complexity index is 935. The number of halogens is 1. The first kappa shape index (κ1) is 23.4. The summed E-state index contributed by atoms with van der Waals surface area (Å²) in [5.41, 5.74) is 6.81. The van der Waals surface area contributed by atoms with Crippen LogP contribution in [0.2, 0.25) is 0 Å². The van der Waals surface area contributed by atoms with E-state index >= 15 is 0 Å². The van der Waals surface area contributed by atoms with E-state index in [-0.39, 0.29) is 18.3 Å². The number of rotatable bonds is 8. The fourth-order valence-corrected chi connectivity index (χ4v) is 4.53. The van der Waals surface area contributed by atoms with Crippen molar-refractivity contribution in [1.29, 1.82) is 0 Å². The molecule has 2 aliphatic rings. The second-order valence-corrected chi connectivity index (χ2v) is 8.88. The zero-order valence-corrected chi connectivity index (χ0v) is 19.2. The van der Waals surface area contributed by atoms with Crippen LogP contribution in [0.25, 0.3) is 5.57 Å². The topological polar surface area (TPSA) is 49.8 Å². The highest BCUT2D eigenvalue weighted by molar-refractivity contribution is 5.85. The van der Waals surface area contributed by atoms with Gasteiger partial charge in [-0.05, 0) is 66.5 Å². The van der Waals surface area contributed by atoms with Crippen LogP contribution >= 0.6 is 12.4 Å². The summed E-state index contributed by atoms with van der Waals surface area (Å²) in [5, 5.41) is 9.07. The Kier molecular flexibility index (Phi) is 7.79. The Morgan fingerprint density at radius 1 is 1.16 bits per heavy atom. The first-order chi connectivity index (χ1) is 14.5. The number of hydrogen-bond acceptors (Lipinski definition) is 3. The van der Waals surface area contributed by atoms with Crippen molar-refractivity contribution in [3.05, 3.63) is 70.8 Å². The van der Waals surface area contributed by atoms with Gasteiger partial charge in [0.1, 0.15) is 5.75 Å². The van der Waals surface area contributed by atoms with Crippen LogP contribution in [0.3, 0.4) is 0 Å². The molecule has 0 spiro atoms. The normalized spacial score (nSPS) is 17.4. The van der Waals surface area contributed by atoms with Crippen molar-refractivity contribution < 1.29 is 14.6 Å². The third-order valence-electron chi connectivity index (χ3n) is 6.39. The van der Waals surface area contributed by atoms with E-state index in [0.717, 1.165) is 31.6 Å². The maximum atomic E-state index is 11.0. The van der Waals surface area contributed by atoms with Crippen LogP contribution in [0.15, 0.2) is 54.1 Å². The molecule has 31 heavy (non-hydrogen) atoms. The third-order valence-corrected chi connectivity index (χ3v) is 6.39.